The lowest BCUT2D eigenvalue weighted by Crippen LogP contribution is -2.42. The minimum absolute atomic E-state index is 0.150. The van der Waals surface area contributed by atoms with Gasteiger partial charge in [0.15, 0.2) is 20.8 Å². The van der Waals surface area contributed by atoms with E-state index in [2.05, 4.69) is 10.3 Å². The zero-order valence-electron chi connectivity index (χ0n) is 16.8. The number of ketones is 1. The van der Waals surface area contributed by atoms with Crippen molar-refractivity contribution < 1.29 is 18.0 Å². The van der Waals surface area contributed by atoms with Crippen LogP contribution in [0.15, 0.2) is 46.0 Å². The van der Waals surface area contributed by atoms with E-state index >= 15 is 0 Å². The van der Waals surface area contributed by atoms with Crippen LogP contribution in [0.4, 0.5) is 5.13 Å². The number of fused-ring (bicyclic) bond motifs is 1. The number of thiazole rings is 1. The molecule has 0 bridgehead atoms. The zero-order chi connectivity index (χ0) is 21.3. The van der Waals surface area contributed by atoms with Gasteiger partial charge in [-0.2, -0.15) is 0 Å². The number of amides is 1. The van der Waals surface area contributed by atoms with E-state index in [9.17, 15) is 18.0 Å². The second-order valence-electron chi connectivity index (χ2n) is 8.12. The number of aromatic nitrogens is 1. The number of hydrogen-bond donors (Lipinski definition) is 1. The SMILES string of the molecule is CS(=O)(=O)C1=C2CN([C@@H](CC3CCCCC3)C(=O)Nc3nccs3)C=C2C=CC1=O. The predicted octanol–water partition coefficient (Wildman–Crippen LogP) is 3.06. The molecule has 160 valence electrons. The topological polar surface area (TPSA) is 96.4 Å². The molecule has 3 aliphatic rings. The molecular weight excluding hydrogens is 422 g/mol. The van der Waals surface area contributed by atoms with E-state index < -0.39 is 21.7 Å². The van der Waals surface area contributed by atoms with Gasteiger partial charge in [0.2, 0.25) is 5.91 Å². The lowest BCUT2D eigenvalue weighted by Gasteiger charge is -2.31. The van der Waals surface area contributed by atoms with Crippen LogP contribution in [0.1, 0.15) is 38.5 Å². The molecular formula is C21H25N3O4S2. The number of allylic oxidation sites excluding steroid dienone is 3. The van der Waals surface area contributed by atoms with E-state index in [4.69, 9.17) is 0 Å². The van der Waals surface area contributed by atoms with Gasteiger partial charge in [-0.15, -0.1) is 11.3 Å². The number of sulfone groups is 1. The van der Waals surface area contributed by atoms with Gasteiger partial charge in [-0.3, -0.25) is 9.59 Å². The smallest absolute Gasteiger partial charge is 0.248 e. The molecule has 0 aromatic carbocycles. The fourth-order valence-corrected chi connectivity index (χ4v) is 6.12. The molecule has 1 aliphatic heterocycles. The second kappa shape index (κ2) is 8.47. The first-order chi connectivity index (χ1) is 14.3. The summed E-state index contributed by atoms with van der Waals surface area (Å²) >= 11 is 1.36. The Morgan fingerprint density at radius 2 is 2.07 bits per heavy atom. The number of carbonyl (C=O) groups is 2. The van der Waals surface area contributed by atoms with Crippen molar-refractivity contribution in [3.8, 4) is 0 Å². The Labute approximate surface area is 180 Å². The summed E-state index contributed by atoms with van der Waals surface area (Å²) in [4.78, 5) is 31.3. The fraction of sp³-hybridized carbons (Fsp3) is 0.476. The van der Waals surface area contributed by atoms with Crippen molar-refractivity contribution in [2.75, 3.05) is 18.1 Å². The molecule has 1 N–H and O–H groups in total. The fourth-order valence-electron chi connectivity index (χ4n) is 4.52. The highest BCUT2D eigenvalue weighted by Gasteiger charge is 2.37. The molecule has 1 saturated carbocycles. The maximum absolute atomic E-state index is 13.2. The lowest BCUT2D eigenvalue weighted by atomic mass is 9.84. The normalized spacial score (nSPS) is 20.9. The molecule has 2 heterocycles. The summed E-state index contributed by atoms with van der Waals surface area (Å²) in [6.07, 6.45) is 13.9. The van der Waals surface area contributed by atoms with Crippen LogP contribution in [0.2, 0.25) is 0 Å². The van der Waals surface area contributed by atoms with Crippen LogP contribution in [-0.4, -0.2) is 48.8 Å². The summed E-state index contributed by atoms with van der Waals surface area (Å²) in [7, 11) is -3.66. The number of nitrogens with one attached hydrogen (secondary N) is 1. The largest absolute Gasteiger partial charge is 0.361 e. The Bertz CT molecular complexity index is 1030. The molecule has 0 radical (unpaired) electrons. The van der Waals surface area contributed by atoms with Gasteiger partial charge in [-0.05, 0) is 30.1 Å². The van der Waals surface area contributed by atoms with E-state index in [0.717, 1.165) is 19.1 Å². The molecule has 7 nitrogen and oxygen atoms in total. The van der Waals surface area contributed by atoms with Crippen LogP contribution in [0, 0.1) is 5.92 Å². The third-order valence-electron chi connectivity index (χ3n) is 5.92. The van der Waals surface area contributed by atoms with E-state index in [1.165, 1.54) is 36.7 Å². The quantitative estimate of drug-likeness (QED) is 0.720. The Morgan fingerprint density at radius 1 is 1.30 bits per heavy atom. The van der Waals surface area contributed by atoms with E-state index in [0.29, 0.717) is 28.6 Å². The van der Waals surface area contributed by atoms with Gasteiger partial charge in [-0.25, -0.2) is 13.4 Å². The predicted molar refractivity (Wildman–Crippen MR) is 117 cm³/mol. The van der Waals surface area contributed by atoms with Gasteiger partial charge >= 0.3 is 0 Å². The number of rotatable bonds is 6. The third kappa shape index (κ3) is 4.41. The van der Waals surface area contributed by atoms with Gasteiger partial charge in [-0.1, -0.05) is 32.1 Å². The summed E-state index contributed by atoms with van der Waals surface area (Å²) in [6.45, 7) is 0.233. The highest BCUT2D eigenvalue weighted by atomic mass is 32.2. The van der Waals surface area contributed by atoms with Crippen LogP contribution in [0.5, 0.6) is 0 Å². The summed E-state index contributed by atoms with van der Waals surface area (Å²) < 4.78 is 24.5. The summed E-state index contributed by atoms with van der Waals surface area (Å²) in [5.41, 5.74) is 1.17. The molecule has 30 heavy (non-hydrogen) atoms. The second-order valence-corrected chi connectivity index (χ2v) is 11.0. The number of anilines is 1. The van der Waals surface area contributed by atoms with Crippen LogP contribution in [0.3, 0.4) is 0 Å². The monoisotopic (exact) mass is 447 g/mol. The third-order valence-corrected chi connectivity index (χ3v) is 7.80. The van der Waals surface area contributed by atoms with Gasteiger partial charge < -0.3 is 10.2 Å². The molecule has 2 aliphatic carbocycles. The highest BCUT2D eigenvalue weighted by molar-refractivity contribution is 7.95. The molecule has 0 spiro atoms. The molecule has 9 heteroatoms. The van der Waals surface area contributed by atoms with Crippen LogP contribution >= 0.6 is 11.3 Å². The van der Waals surface area contributed by atoms with Crippen molar-refractivity contribution in [1.29, 1.82) is 0 Å². The minimum Gasteiger partial charge on any atom is -0.361 e. The molecule has 0 saturated heterocycles. The molecule has 1 fully saturated rings. The molecule has 4 rings (SSSR count). The van der Waals surface area contributed by atoms with Crippen molar-refractivity contribution in [3.63, 3.8) is 0 Å². The Balaban J connectivity index is 1.63. The average Bonchev–Trinajstić information content (AvgIpc) is 3.35. The van der Waals surface area contributed by atoms with Crippen molar-refractivity contribution >= 4 is 38.0 Å². The maximum atomic E-state index is 13.2. The van der Waals surface area contributed by atoms with Crippen LogP contribution < -0.4 is 5.32 Å². The summed E-state index contributed by atoms with van der Waals surface area (Å²) in [6, 6.07) is -0.452. The summed E-state index contributed by atoms with van der Waals surface area (Å²) in [5, 5.41) is 5.25. The van der Waals surface area contributed by atoms with Gasteiger partial charge in [0.05, 0.1) is 0 Å². The Morgan fingerprint density at radius 3 is 2.73 bits per heavy atom. The summed E-state index contributed by atoms with van der Waals surface area (Å²) in [5.74, 6) is -0.197. The molecule has 1 aromatic rings. The first-order valence-corrected chi connectivity index (χ1v) is 12.9. The molecule has 1 aromatic heterocycles. The van der Waals surface area contributed by atoms with Gasteiger partial charge in [0.25, 0.3) is 0 Å². The van der Waals surface area contributed by atoms with E-state index in [1.807, 2.05) is 11.1 Å². The zero-order valence-corrected chi connectivity index (χ0v) is 18.5. The van der Waals surface area contributed by atoms with Gasteiger partial charge in [0, 0.05) is 36.2 Å². The van der Waals surface area contributed by atoms with E-state index in [1.54, 1.807) is 17.7 Å². The minimum atomic E-state index is -3.66. The number of nitrogens with zero attached hydrogens (tertiary/aromatic N) is 2. The Kier molecular flexibility index (Phi) is 5.92. The molecule has 1 amide bonds. The molecule has 1 atom stereocenters. The van der Waals surface area contributed by atoms with Crippen LogP contribution in [-0.2, 0) is 19.4 Å². The highest BCUT2D eigenvalue weighted by Crippen LogP contribution is 2.35. The first-order valence-electron chi connectivity index (χ1n) is 10.2. The Hall–Kier alpha value is -2.26. The first kappa shape index (κ1) is 21.0. The average molecular weight is 448 g/mol. The van der Waals surface area contributed by atoms with Crippen LogP contribution in [0.25, 0.3) is 0 Å². The van der Waals surface area contributed by atoms with E-state index in [-0.39, 0.29) is 17.4 Å². The molecule has 0 unspecified atom stereocenters. The van der Waals surface area contributed by atoms with Crippen molar-refractivity contribution in [2.45, 2.75) is 44.6 Å². The van der Waals surface area contributed by atoms with Crippen molar-refractivity contribution in [2.24, 2.45) is 5.92 Å². The number of hydrogen-bond acceptors (Lipinski definition) is 7. The maximum Gasteiger partial charge on any atom is 0.248 e. The lowest BCUT2D eigenvalue weighted by molar-refractivity contribution is -0.120. The van der Waals surface area contributed by atoms with Crippen molar-refractivity contribution in [1.82, 2.24) is 9.88 Å². The number of carbonyl (C=O) groups excluding carboxylic acids is 2. The van der Waals surface area contributed by atoms with Crippen molar-refractivity contribution in [3.05, 3.63) is 46.0 Å². The standard InChI is InChI=1S/C21H25N3O4S2/c1-30(27,28)19-16-13-24(12-15(16)7-8-18(19)25)17(11-14-5-3-2-4-6-14)20(26)23-21-22-9-10-29-21/h7-10,12,14,17H,2-6,11,13H2,1H3,(H,22,23,26)/t17-/m0/s1. The van der Waals surface area contributed by atoms with Gasteiger partial charge in [0.1, 0.15) is 10.9 Å².